The highest BCUT2D eigenvalue weighted by Crippen LogP contribution is 2.38. The van der Waals surface area contributed by atoms with Gasteiger partial charge in [-0.25, -0.2) is 24.1 Å². The molecule has 1 N–H and O–H groups in total. The van der Waals surface area contributed by atoms with E-state index < -0.39 is 17.2 Å². The number of rotatable bonds is 9. The van der Waals surface area contributed by atoms with Gasteiger partial charge in [-0.1, -0.05) is 18.2 Å². The van der Waals surface area contributed by atoms with Crippen LogP contribution < -0.4 is 14.4 Å². The van der Waals surface area contributed by atoms with E-state index in [0.29, 0.717) is 89.7 Å². The second-order valence-corrected chi connectivity index (χ2v) is 9.68. The Morgan fingerprint density at radius 3 is 2.67 bits per heavy atom. The Bertz CT molecular complexity index is 1500. The number of aromatic nitrogens is 3. The van der Waals surface area contributed by atoms with Gasteiger partial charge in [0.1, 0.15) is 22.9 Å². The standard InChI is InChI=1S/C27H27F2N5O4S/c1-37-22-15-19(20-6-2-4-17(24(20)29)5-3-9-31-39(35)36)14-21-25(22)32-26(18-7-8-23(28)30-16-18)33-27(21)34-10-12-38-13-11-34/h2,4,6-8,14-16,31H,3,5,9-13H2,1H3,(H,35,36)/p-1. The molecule has 1 atom stereocenters. The first-order chi connectivity index (χ1) is 18.9. The third-order valence-corrected chi connectivity index (χ3v) is 6.93. The smallest absolute Gasteiger partial charge is 0.212 e. The lowest BCUT2D eigenvalue weighted by molar-refractivity contribution is 0.122. The van der Waals surface area contributed by atoms with Crippen LogP contribution in [0.1, 0.15) is 12.0 Å². The monoisotopic (exact) mass is 554 g/mol. The average molecular weight is 555 g/mol. The van der Waals surface area contributed by atoms with Gasteiger partial charge >= 0.3 is 0 Å². The lowest BCUT2D eigenvalue weighted by Crippen LogP contribution is -2.37. The van der Waals surface area contributed by atoms with Crippen LogP contribution in [0, 0.1) is 11.8 Å². The van der Waals surface area contributed by atoms with Gasteiger partial charge in [0.25, 0.3) is 0 Å². The maximum absolute atomic E-state index is 15.7. The minimum absolute atomic E-state index is 0.218. The molecule has 0 amide bonds. The predicted octanol–water partition coefficient (Wildman–Crippen LogP) is 3.80. The van der Waals surface area contributed by atoms with Crippen LogP contribution in [-0.4, -0.2) is 63.7 Å². The molecule has 0 radical (unpaired) electrons. The number of nitrogens with one attached hydrogen (secondary N) is 1. The highest BCUT2D eigenvalue weighted by Gasteiger charge is 2.22. The molecule has 5 rings (SSSR count). The third-order valence-electron chi connectivity index (χ3n) is 6.49. The van der Waals surface area contributed by atoms with Gasteiger partial charge in [-0.05, 0) is 48.2 Å². The molecule has 12 heteroatoms. The molecule has 9 nitrogen and oxygen atoms in total. The summed E-state index contributed by atoms with van der Waals surface area (Å²) in [7, 11) is 1.52. The lowest BCUT2D eigenvalue weighted by atomic mass is 9.98. The molecule has 1 aliphatic heterocycles. The molecule has 1 unspecified atom stereocenters. The van der Waals surface area contributed by atoms with Crippen molar-refractivity contribution in [3.05, 3.63) is 66.0 Å². The molecule has 4 aromatic rings. The Kier molecular flexibility index (Phi) is 8.36. The first-order valence-electron chi connectivity index (χ1n) is 12.4. The second kappa shape index (κ2) is 12.1. The third kappa shape index (κ3) is 6.04. The molecule has 204 valence electrons. The van der Waals surface area contributed by atoms with Crippen molar-refractivity contribution < 1.29 is 27.0 Å². The Labute approximate surface area is 226 Å². The summed E-state index contributed by atoms with van der Waals surface area (Å²) in [4.78, 5) is 15.4. The number of hydrogen-bond donors (Lipinski definition) is 1. The minimum atomic E-state index is -2.35. The maximum atomic E-state index is 15.7. The summed E-state index contributed by atoms with van der Waals surface area (Å²) >= 11 is -2.35. The highest BCUT2D eigenvalue weighted by atomic mass is 32.2. The van der Waals surface area contributed by atoms with E-state index in [2.05, 4.69) is 14.6 Å². The van der Waals surface area contributed by atoms with Gasteiger partial charge < -0.3 is 18.9 Å². The molecule has 0 spiro atoms. The number of hydrogen-bond acceptors (Lipinski definition) is 8. The van der Waals surface area contributed by atoms with Crippen molar-refractivity contribution in [2.45, 2.75) is 12.8 Å². The van der Waals surface area contributed by atoms with Gasteiger partial charge in [0.2, 0.25) is 5.95 Å². The SMILES string of the molecule is COc1cc(-c2cccc(CCCNS(=O)[O-])c2F)cc2c(N3CCOCC3)nc(-c3ccc(F)nc3)nc12. The van der Waals surface area contributed by atoms with Crippen LogP contribution in [0.25, 0.3) is 33.4 Å². The van der Waals surface area contributed by atoms with E-state index in [-0.39, 0.29) is 12.4 Å². The molecule has 1 aliphatic rings. The summed E-state index contributed by atoms with van der Waals surface area (Å²) in [6, 6.07) is 11.6. The predicted molar refractivity (Wildman–Crippen MR) is 143 cm³/mol. The minimum Gasteiger partial charge on any atom is -0.760 e. The van der Waals surface area contributed by atoms with E-state index in [4.69, 9.17) is 19.4 Å². The molecular weight excluding hydrogens is 528 g/mol. The normalized spacial score (nSPS) is 14.5. The van der Waals surface area contributed by atoms with Crippen molar-refractivity contribution in [1.82, 2.24) is 19.7 Å². The van der Waals surface area contributed by atoms with Gasteiger partial charge in [0, 0.05) is 53.6 Å². The van der Waals surface area contributed by atoms with Gasteiger partial charge in [-0.3, -0.25) is 4.21 Å². The summed E-state index contributed by atoms with van der Waals surface area (Å²) in [5, 5.41) is 0.678. The Balaban J connectivity index is 1.62. The number of benzene rings is 2. The van der Waals surface area contributed by atoms with Gasteiger partial charge in [0.15, 0.2) is 5.82 Å². The Morgan fingerprint density at radius 1 is 1.13 bits per heavy atom. The van der Waals surface area contributed by atoms with Crippen LogP contribution >= 0.6 is 0 Å². The van der Waals surface area contributed by atoms with Crippen molar-refractivity contribution >= 4 is 28.0 Å². The summed E-state index contributed by atoms with van der Waals surface area (Å²) in [6.07, 6.45) is 2.20. The molecule has 1 fully saturated rings. The molecule has 0 aliphatic carbocycles. The maximum Gasteiger partial charge on any atom is 0.212 e. The number of methoxy groups -OCH3 is 1. The van der Waals surface area contributed by atoms with E-state index in [9.17, 15) is 13.2 Å². The van der Waals surface area contributed by atoms with Crippen LogP contribution in [0.4, 0.5) is 14.6 Å². The number of nitrogens with zero attached hydrogens (tertiary/aromatic N) is 4. The largest absolute Gasteiger partial charge is 0.760 e. The van der Waals surface area contributed by atoms with Gasteiger partial charge in [-0.15, -0.1) is 0 Å². The molecule has 2 aromatic carbocycles. The summed E-state index contributed by atoms with van der Waals surface area (Å²) in [5.41, 5.74) is 2.53. The van der Waals surface area contributed by atoms with Crippen molar-refractivity contribution in [1.29, 1.82) is 0 Å². The molecule has 39 heavy (non-hydrogen) atoms. The van der Waals surface area contributed by atoms with Crippen LogP contribution in [0.5, 0.6) is 5.75 Å². The van der Waals surface area contributed by atoms with Crippen LogP contribution in [0.2, 0.25) is 0 Å². The zero-order chi connectivity index (χ0) is 27.4. The Hall–Kier alpha value is -3.58. The van der Waals surface area contributed by atoms with E-state index in [1.807, 2.05) is 6.07 Å². The quantitative estimate of drug-likeness (QED) is 0.189. The fourth-order valence-electron chi connectivity index (χ4n) is 4.58. The summed E-state index contributed by atoms with van der Waals surface area (Å²) in [5.74, 6) is 0.447. The summed E-state index contributed by atoms with van der Waals surface area (Å²) < 4.78 is 64.1. The van der Waals surface area contributed by atoms with Gasteiger partial charge in [0.05, 0.1) is 20.3 Å². The number of pyridine rings is 1. The molecule has 3 heterocycles. The lowest BCUT2D eigenvalue weighted by Gasteiger charge is -2.29. The van der Waals surface area contributed by atoms with E-state index in [0.717, 1.165) is 0 Å². The van der Waals surface area contributed by atoms with Gasteiger partial charge in [-0.2, -0.15) is 4.39 Å². The fourth-order valence-corrected chi connectivity index (χ4v) is 4.89. The van der Waals surface area contributed by atoms with Crippen molar-refractivity contribution in [3.8, 4) is 28.3 Å². The fraction of sp³-hybridized carbons (Fsp3) is 0.296. The molecular formula is C27H26F2N5O4S-. The van der Waals surface area contributed by atoms with E-state index in [1.54, 1.807) is 30.3 Å². The van der Waals surface area contributed by atoms with Crippen LogP contribution in [0.15, 0.2) is 48.7 Å². The number of halogens is 2. The topological polar surface area (TPSA) is 113 Å². The second-order valence-electron chi connectivity index (χ2n) is 8.93. The number of ether oxygens (including phenoxy) is 2. The number of anilines is 1. The van der Waals surface area contributed by atoms with Crippen molar-refractivity contribution in [3.63, 3.8) is 0 Å². The van der Waals surface area contributed by atoms with E-state index in [1.165, 1.54) is 19.4 Å². The Morgan fingerprint density at radius 2 is 1.95 bits per heavy atom. The van der Waals surface area contributed by atoms with Crippen LogP contribution in [0.3, 0.4) is 0 Å². The number of morpholine rings is 1. The average Bonchev–Trinajstić information content (AvgIpc) is 2.95. The zero-order valence-electron chi connectivity index (χ0n) is 21.2. The highest BCUT2D eigenvalue weighted by molar-refractivity contribution is 7.77. The molecule has 0 saturated carbocycles. The molecule has 2 aromatic heterocycles. The molecule has 1 saturated heterocycles. The van der Waals surface area contributed by atoms with E-state index >= 15 is 4.39 Å². The number of aryl methyl sites for hydroxylation is 1. The number of fused-ring (bicyclic) bond motifs is 1. The van der Waals surface area contributed by atoms with Crippen LogP contribution in [-0.2, 0) is 22.4 Å². The zero-order valence-corrected chi connectivity index (χ0v) is 22.0. The van der Waals surface area contributed by atoms with Crippen molar-refractivity contribution in [2.75, 3.05) is 44.9 Å². The molecule has 0 bridgehead atoms. The first-order valence-corrected chi connectivity index (χ1v) is 13.5. The first kappa shape index (κ1) is 27.0. The summed E-state index contributed by atoms with van der Waals surface area (Å²) in [6.45, 7) is 2.48. The van der Waals surface area contributed by atoms with Crippen molar-refractivity contribution in [2.24, 2.45) is 0 Å².